The molecule has 0 aliphatic rings. The third-order valence-corrected chi connectivity index (χ3v) is 2.68. The minimum absolute atomic E-state index is 0.210. The summed E-state index contributed by atoms with van der Waals surface area (Å²) in [5.41, 5.74) is 3.30. The fraction of sp³-hybridized carbons (Fsp3) is 0.111. The highest BCUT2D eigenvalue weighted by molar-refractivity contribution is 6.28. The SMILES string of the molecule is C=C.C=C/C(=C\C)c1cc(/C(C=C)=C/C=C\C)nc(Cl)n1. The van der Waals surface area contributed by atoms with Crippen LogP contribution in [0.15, 0.2) is 68.8 Å². The predicted molar refractivity (Wildman–Crippen MR) is 95.1 cm³/mol. The van der Waals surface area contributed by atoms with E-state index in [0.29, 0.717) is 0 Å². The smallest absolute Gasteiger partial charge is 0.218 e. The van der Waals surface area contributed by atoms with Crippen molar-refractivity contribution in [2.45, 2.75) is 13.8 Å². The van der Waals surface area contributed by atoms with Crippen LogP contribution in [-0.2, 0) is 0 Å². The number of hydrogen-bond acceptors (Lipinski definition) is 2. The van der Waals surface area contributed by atoms with Crippen molar-refractivity contribution in [3.63, 3.8) is 0 Å². The Balaban J connectivity index is 0.00000191. The Kier molecular flexibility index (Phi) is 9.48. The average molecular weight is 301 g/mol. The number of hydrogen-bond donors (Lipinski definition) is 0. The lowest BCUT2D eigenvalue weighted by Gasteiger charge is -2.06. The quantitative estimate of drug-likeness (QED) is 0.398. The van der Waals surface area contributed by atoms with E-state index in [4.69, 9.17) is 11.6 Å². The van der Waals surface area contributed by atoms with Gasteiger partial charge in [-0.3, -0.25) is 0 Å². The molecular formula is C18H21ClN2. The Morgan fingerprint density at radius 2 is 1.57 bits per heavy atom. The number of nitrogens with zero attached hydrogens (tertiary/aromatic N) is 2. The second-order valence-corrected chi connectivity index (χ2v) is 4.05. The molecule has 110 valence electrons. The largest absolute Gasteiger partial charge is 0.223 e. The van der Waals surface area contributed by atoms with E-state index in [1.807, 2.05) is 44.2 Å². The second-order valence-electron chi connectivity index (χ2n) is 3.71. The van der Waals surface area contributed by atoms with Gasteiger partial charge >= 0.3 is 0 Å². The summed E-state index contributed by atoms with van der Waals surface area (Å²) in [5, 5.41) is 0.210. The van der Waals surface area contributed by atoms with E-state index in [1.54, 1.807) is 12.2 Å². The van der Waals surface area contributed by atoms with E-state index in [9.17, 15) is 0 Å². The van der Waals surface area contributed by atoms with Crippen molar-refractivity contribution < 1.29 is 0 Å². The molecule has 0 aliphatic carbocycles. The molecule has 0 fully saturated rings. The summed E-state index contributed by atoms with van der Waals surface area (Å²) in [5.74, 6) is 0. The number of rotatable bonds is 5. The zero-order valence-corrected chi connectivity index (χ0v) is 13.4. The molecule has 0 saturated heterocycles. The van der Waals surface area contributed by atoms with E-state index < -0.39 is 0 Å². The molecule has 0 bridgehead atoms. The van der Waals surface area contributed by atoms with Gasteiger partial charge in [-0.25, -0.2) is 9.97 Å². The molecule has 1 aromatic heterocycles. The molecular weight excluding hydrogens is 280 g/mol. The standard InChI is InChI=1S/C16H17ClN2.C2H4/c1-5-9-10-13(8-4)15-11-14(12(6-2)7-3)18-16(17)19-15;1-2/h5-11H,2,4H2,1,3H3;1-2H2/b9-5-,12-7+,13-10+;. The molecule has 0 aromatic carbocycles. The van der Waals surface area contributed by atoms with Crippen molar-refractivity contribution in [2.24, 2.45) is 0 Å². The predicted octanol–water partition coefficient (Wildman–Crippen LogP) is 5.67. The van der Waals surface area contributed by atoms with Gasteiger partial charge < -0.3 is 0 Å². The van der Waals surface area contributed by atoms with Crippen LogP contribution in [0.25, 0.3) is 11.1 Å². The highest BCUT2D eigenvalue weighted by Crippen LogP contribution is 2.21. The van der Waals surface area contributed by atoms with Gasteiger partial charge in [0.05, 0.1) is 11.4 Å². The summed E-state index contributed by atoms with van der Waals surface area (Å²) in [6.07, 6.45) is 11.2. The maximum absolute atomic E-state index is 5.98. The van der Waals surface area contributed by atoms with E-state index in [-0.39, 0.29) is 5.28 Å². The first-order chi connectivity index (χ1) is 10.2. The van der Waals surface area contributed by atoms with Gasteiger partial charge in [0.1, 0.15) is 0 Å². The van der Waals surface area contributed by atoms with Gasteiger partial charge in [-0.2, -0.15) is 0 Å². The highest BCUT2D eigenvalue weighted by atomic mass is 35.5. The maximum atomic E-state index is 5.98. The zero-order chi connectivity index (χ0) is 16.3. The molecule has 3 heteroatoms. The Labute approximate surface area is 132 Å². The van der Waals surface area contributed by atoms with Crippen molar-refractivity contribution in [3.8, 4) is 0 Å². The summed E-state index contributed by atoms with van der Waals surface area (Å²) in [6, 6.07) is 1.87. The molecule has 0 atom stereocenters. The fourth-order valence-electron chi connectivity index (χ4n) is 1.54. The van der Waals surface area contributed by atoms with Crippen LogP contribution in [0.3, 0.4) is 0 Å². The molecule has 2 nitrogen and oxygen atoms in total. The first-order valence-corrected chi connectivity index (χ1v) is 6.83. The lowest BCUT2D eigenvalue weighted by molar-refractivity contribution is 1.12. The topological polar surface area (TPSA) is 25.8 Å². The van der Waals surface area contributed by atoms with Gasteiger partial charge in [-0.15, -0.1) is 13.2 Å². The number of aromatic nitrogens is 2. The van der Waals surface area contributed by atoms with Gasteiger partial charge in [0.15, 0.2) is 0 Å². The normalized spacial score (nSPS) is 11.8. The molecule has 21 heavy (non-hydrogen) atoms. The van der Waals surface area contributed by atoms with Gasteiger partial charge in [0, 0.05) is 0 Å². The van der Waals surface area contributed by atoms with E-state index in [0.717, 1.165) is 22.5 Å². The third kappa shape index (κ3) is 5.76. The average Bonchev–Trinajstić information content (AvgIpc) is 2.51. The first-order valence-electron chi connectivity index (χ1n) is 6.45. The Bertz CT molecular complexity index is 581. The summed E-state index contributed by atoms with van der Waals surface area (Å²) >= 11 is 5.98. The van der Waals surface area contributed by atoms with E-state index in [2.05, 4.69) is 36.3 Å². The summed E-state index contributed by atoms with van der Waals surface area (Å²) in [4.78, 5) is 8.44. The Morgan fingerprint density at radius 1 is 1.05 bits per heavy atom. The third-order valence-electron chi connectivity index (χ3n) is 2.51. The van der Waals surface area contributed by atoms with E-state index >= 15 is 0 Å². The summed E-state index contributed by atoms with van der Waals surface area (Å²) in [6.45, 7) is 17.4. The summed E-state index contributed by atoms with van der Waals surface area (Å²) < 4.78 is 0. The first kappa shape index (κ1) is 18.8. The highest BCUT2D eigenvalue weighted by Gasteiger charge is 2.07. The Morgan fingerprint density at radius 3 is 2.00 bits per heavy atom. The van der Waals surface area contributed by atoms with Gasteiger partial charge in [-0.1, -0.05) is 49.6 Å². The van der Waals surface area contributed by atoms with Crippen LogP contribution in [0, 0.1) is 0 Å². The molecule has 0 amide bonds. The molecule has 0 radical (unpaired) electrons. The van der Waals surface area contributed by atoms with Gasteiger partial charge in [0.2, 0.25) is 5.28 Å². The molecule has 1 rings (SSSR count). The van der Waals surface area contributed by atoms with Crippen LogP contribution in [0.4, 0.5) is 0 Å². The van der Waals surface area contributed by atoms with Crippen LogP contribution < -0.4 is 0 Å². The molecule has 0 N–H and O–H groups in total. The minimum Gasteiger partial charge on any atom is -0.218 e. The molecule has 1 heterocycles. The lowest BCUT2D eigenvalue weighted by Crippen LogP contribution is -1.96. The fourth-order valence-corrected chi connectivity index (χ4v) is 1.72. The lowest BCUT2D eigenvalue weighted by atomic mass is 10.1. The molecule has 0 spiro atoms. The van der Waals surface area contributed by atoms with Gasteiger partial charge in [-0.05, 0) is 42.7 Å². The van der Waals surface area contributed by atoms with Crippen LogP contribution >= 0.6 is 11.6 Å². The van der Waals surface area contributed by atoms with Gasteiger partial charge in [0.25, 0.3) is 0 Å². The van der Waals surface area contributed by atoms with Crippen LogP contribution in [0.5, 0.6) is 0 Å². The molecule has 0 saturated carbocycles. The number of halogens is 1. The minimum atomic E-state index is 0.210. The monoisotopic (exact) mass is 300 g/mol. The van der Waals surface area contributed by atoms with Crippen LogP contribution in [0.2, 0.25) is 5.28 Å². The van der Waals surface area contributed by atoms with Crippen LogP contribution in [-0.4, -0.2) is 9.97 Å². The van der Waals surface area contributed by atoms with Crippen molar-refractivity contribution >= 4 is 22.7 Å². The maximum Gasteiger partial charge on any atom is 0.223 e. The number of allylic oxidation sites excluding steroid dienone is 8. The molecule has 1 aromatic rings. The van der Waals surface area contributed by atoms with Crippen molar-refractivity contribution in [3.05, 3.63) is 85.5 Å². The van der Waals surface area contributed by atoms with Crippen LogP contribution in [0.1, 0.15) is 25.2 Å². The van der Waals surface area contributed by atoms with Crippen molar-refractivity contribution in [1.82, 2.24) is 9.97 Å². The van der Waals surface area contributed by atoms with E-state index in [1.165, 1.54) is 0 Å². The Hall–Kier alpha value is -2.19. The van der Waals surface area contributed by atoms with Crippen molar-refractivity contribution in [1.29, 1.82) is 0 Å². The van der Waals surface area contributed by atoms with Crippen molar-refractivity contribution in [2.75, 3.05) is 0 Å². The molecule has 0 unspecified atom stereocenters. The molecule has 0 aliphatic heterocycles. The summed E-state index contributed by atoms with van der Waals surface area (Å²) in [7, 11) is 0. The zero-order valence-electron chi connectivity index (χ0n) is 12.6. The second kappa shape index (κ2) is 10.6.